The topological polar surface area (TPSA) is 66.5 Å². The van der Waals surface area contributed by atoms with Crippen molar-refractivity contribution in [3.05, 3.63) is 58.6 Å². The predicted molar refractivity (Wildman–Crippen MR) is 95.8 cm³/mol. The third kappa shape index (κ3) is 4.56. The first kappa shape index (κ1) is 18.4. The molecule has 2 aromatic carbocycles. The molecule has 0 spiro atoms. The Labute approximate surface area is 147 Å². The van der Waals surface area contributed by atoms with Crippen molar-refractivity contribution in [3.63, 3.8) is 0 Å². The number of nitrogens with zero attached hydrogens (tertiary/aromatic N) is 1. The zero-order valence-electron chi connectivity index (χ0n) is 13.7. The fourth-order valence-electron chi connectivity index (χ4n) is 2.32. The lowest BCUT2D eigenvalue weighted by Gasteiger charge is -2.17. The summed E-state index contributed by atoms with van der Waals surface area (Å²) in [6, 6.07) is 11.5. The van der Waals surface area contributed by atoms with Gasteiger partial charge in [-0.25, -0.2) is 8.42 Å². The zero-order valence-corrected chi connectivity index (χ0v) is 15.3. The Kier molecular flexibility index (Phi) is 5.64. The largest absolute Gasteiger partial charge is 0.325 e. The summed E-state index contributed by atoms with van der Waals surface area (Å²) in [5.41, 5.74) is 2.69. The molecular formula is C17H19ClN2O3S. The van der Waals surface area contributed by atoms with E-state index in [0.717, 1.165) is 15.4 Å². The molecule has 1 amide bonds. The highest BCUT2D eigenvalue weighted by molar-refractivity contribution is 7.89. The Morgan fingerprint density at radius 2 is 1.62 bits per heavy atom. The summed E-state index contributed by atoms with van der Waals surface area (Å²) in [5, 5.41) is 3.17. The maximum Gasteiger partial charge on any atom is 0.243 e. The molecule has 0 aromatic heterocycles. The van der Waals surface area contributed by atoms with E-state index in [2.05, 4.69) is 5.32 Å². The summed E-state index contributed by atoms with van der Waals surface area (Å²) < 4.78 is 25.9. The molecule has 0 fully saturated rings. The monoisotopic (exact) mass is 366 g/mol. The lowest BCUT2D eigenvalue weighted by atomic mass is 10.1. The smallest absolute Gasteiger partial charge is 0.243 e. The van der Waals surface area contributed by atoms with Gasteiger partial charge in [0.05, 0.1) is 11.4 Å². The van der Waals surface area contributed by atoms with Gasteiger partial charge in [0.2, 0.25) is 15.9 Å². The first-order valence-corrected chi connectivity index (χ1v) is 9.10. The first-order chi connectivity index (χ1) is 11.2. The van der Waals surface area contributed by atoms with Crippen molar-refractivity contribution in [3.8, 4) is 0 Å². The van der Waals surface area contributed by atoms with Crippen molar-refractivity contribution < 1.29 is 13.2 Å². The maximum absolute atomic E-state index is 12.4. The summed E-state index contributed by atoms with van der Waals surface area (Å²) in [6.07, 6.45) is 0. The molecular weight excluding hydrogens is 348 g/mol. The molecule has 0 aliphatic rings. The second-order valence-corrected chi connectivity index (χ2v) is 8.12. The van der Waals surface area contributed by atoms with Crippen molar-refractivity contribution in [2.45, 2.75) is 18.7 Å². The van der Waals surface area contributed by atoms with Crippen LogP contribution in [0.15, 0.2) is 47.4 Å². The van der Waals surface area contributed by atoms with E-state index < -0.39 is 15.9 Å². The van der Waals surface area contributed by atoms with Crippen LogP contribution in [-0.4, -0.2) is 32.2 Å². The highest BCUT2D eigenvalue weighted by Gasteiger charge is 2.22. The molecule has 0 atom stereocenters. The molecule has 7 heteroatoms. The minimum Gasteiger partial charge on any atom is -0.325 e. The number of sulfonamides is 1. The molecule has 128 valence electrons. The molecule has 0 unspecified atom stereocenters. The van der Waals surface area contributed by atoms with Crippen LogP contribution in [0.2, 0.25) is 5.02 Å². The van der Waals surface area contributed by atoms with Gasteiger partial charge in [-0.3, -0.25) is 4.79 Å². The van der Waals surface area contributed by atoms with E-state index in [1.165, 1.54) is 31.3 Å². The van der Waals surface area contributed by atoms with E-state index >= 15 is 0 Å². The van der Waals surface area contributed by atoms with Crippen molar-refractivity contribution >= 4 is 33.2 Å². The maximum atomic E-state index is 12.4. The number of carbonyl (C=O) groups is 1. The lowest BCUT2D eigenvalue weighted by molar-refractivity contribution is -0.116. The van der Waals surface area contributed by atoms with Crippen LogP contribution in [0.1, 0.15) is 11.1 Å². The number of nitrogens with one attached hydrogen (secondary N) is 1. The summed E-state index contributed by atoms with van der Waals surface area (Å²) in [6.45, 7) is 3.58. The van der Waals surface area contributed by atoms with Gasteiger partial charge in [-0.1, -0.05) is 17.7 Å². The summed E-state index contributed by atoms with van der Waals surface area (Å²) in [7, 11) is -2.38. The zero-order chi connectivity index (χ0) is 17.9. The summed E-state index contributed by atoms with van der Waals surface area (Å²) in [4.78, 5) is 12.2. The van der Waals surface area contributed by atoms with Crippen molar-refractivity contribution in [2.24, 2.45) is 0 Å². The van der Waals surface area contributed by atoms with Gasteiger partial charge in [0.25, 0.3) is 0 Å². The van der Waals surface area contributed by atoms with Gasteiger partial charge >= 0.3 is 0 Å². The highest BCUT2D eigenvalue weighted by atomic mass is 35.5. The molecule has 5 nitrogen and oxygen atoms in total. The molecule has 0 bridgehead atoms. The van der Waals surface area contributed by atoms with Crippen LogP contribution < -0.4 is 5.32 Å². The predicted octanol–water partition coefficient (Wildman–Crippen LogP) is 3.22. The number of carbonyl (C=O) groups excluding carboxylic acids is 1. The third-order valence-electron chi connectivity index (χ3n) is 3.39. The van der Waals surface area contributed by atoms with E-state index in [0.29, 0.717) is 10.7 Å². The van der Waals surface area contributed by atoms with Crippen LogP contribution in [-0.2, 0) is 14.8 Å². The second kappa shape index (κ2) is 7.34. The number of anilines is 1. The molecule has 0 aliphatic carbocycles. The van der Waals surface area contributed by atoms with Crippen molar-refractivity contribution in [1.82, 2.24) is 4.31 Å². The lowest BCUT2D eigenvalue weighted by Crippen LogP contribution is -2.35. The fourth-order valence-corrected chi connectivity index (χ4v) is 3.57. The van der Waals surface area contributed by atoms with E-state index in [9.17, 15) is 13.2 Å². The van der Waals surface area contributed by atoms with Gasteiger partial charge in [-0.05, 0) is 61.4 Å². The van der Waals surface area contributed by atoms with Crippen molar-refractivity contribution in [2.75, 3.05) is 18.9 Å². The standard InChI is InChI=1S/C17H19ClN2O3S/c1-12-8-13(2)10-15(9-12)19-17(21)11-20(3)24(22,23)16-6-4-14(18)5-7-16/h4-10H,11H2,1-3H3,(H,19,21). The minimum atomic E-state index is -3.75. The second-order valence-electron chi connectivity index (χ2n) is 5.64. The average Bonchev–Trinajstić information content (AvgIpc) is 2.46. The number of amides is 1. The summed E-state index contributed by atoms with van der Waals surface area (Å²) in [5.74, 6) is -0.403. The van der Waals surface area contributed by atoms with Gasteiger partial charge in [0.1, 0.15) is 0 Å². The quantitative estimate of drug-likeness (QED) is 0.883. The van der Waals surface area contributed by atoms with Gasteiger partial charge in [-0.15, -0.1) is 0 Å². The molecule has 2 rings (SSSR count). The van der Waals surface area contributed by atoms with E-state index in [1.807, 2.05) is 32.0 Å². The number of benzene rings is 2. The SMILES string of the molecule is Cc1cc(C)cc(NC(=O)CN(C)S(=O)(=O)c2ccc(Cl)cc2)c1. The van der Waals surface area contributed by atoms with Crippen LogP contribution in [0.4, 0.5) is 5.69 Å². The number of hydrogen-bond donors (Lipinski definition) is 1. The number of halogens is 1. The van der Waals surface area contributed by atoms with Crippen molar-refractivity contribution in [1.29, 1.82) is 0 Å². The normalized spacial score (nSPS) is 11.5. The molecule has 0 aliphatic heterocycles. The molecule has 0 saturated heterocycles. The Morgan fingerprint density at radius 1 is 1.08 bits per heavy atom. The van der Waals surface area contributed by atoms with Gasteiger partial charge in [0.15, 0.2) is 0 Å². The van der Waals surface area contributed by atoms with Crippen LogP contribution in [0, 0.1) is 13.8 Å². The Hall–Kier alpha value is -1.89. The Balaban J connectivity index is 2.09. The first-order valence-electron chi connectivity index (χ1n) is 7.28. The number of rotatable bonds is 5. The highest BCUT2D eigenvalue weighted by Crippen LogP contribution is 2.18. The van der Waals surface area contributed by atoms with Crippen LogP contribution >= 0.6 is 11.6 Å². The van der Waals surface area contributed by atoms with Crippen LogP contribution in [0.3, 0.4) is 0 Å². The molecule has 0 radical (unpaired) electrons. The fraction of sp³-hybridized carbons (Fsp3) is 0.235. The Bertz CT molecular complexity index is 828. The van der Waals surface area contributed by atoms with E-state index in [4.69, 9.17) is 11.6 Å². The number of likely N-dealkylation sites (N-methyl/N-ethyl adjacent to an activating group) is 1. The van der Waals surface area contributed by atoms with E-state index in [-0.39, 0.29) is 11.4 Å². The van der Waals surface area contributed by atoms with Gasteiger partial charge in [0, 0.05) is 17.8 Å². The Morgan fingerprint density at radius 3 is 2.17 bits per heavy atom. The minimum absolute atomic E-state index is 0.0913. The van der Waals surface area contributed by atoms with Gasteiger partial charge in [-0.2, -0.15) is 4.31 Å². The number of aryl methyl sites for hydroxylation is 2. The van der Waals surface area contributed by atoms with Crippen LogP contribution in [0.25, 0.3) is 0 Å². The van der Waals surface area contributed by atoms with E-state index in [1.54, 1.807) is 0 Å². The molecule has 0 saturated carbocycles. The summed E-state index contributed by atoms with van der Waals surface area (Å²) >= 11 is 5.77. The number of hydrogen-bond acceptors (Lipinski definition) is 3. The van der Waals surface area contributed by atoms with Gasteiger partial charge < -0.3 is 5.32 Å². The average molecular weight is 367 g/mol. The third-order valence-corrected chi connectivity index (χ3v) is 5.46. The molecule has 0 heterocycles. The van der Waals surface area contributed by atoms with Crippen LogP contribution in [0.5, 0.6) is 0 Å². The molecule has 24 heavy (non-hydrogen) atoms. The molecule has 2 aromatic rings. The molecule has 1 N–H and O–H groups in total.